The maximum atomic E-state index is 12.4. The molecule has 1 N–H and O–H groups in total. The molecule has 0 aromatic rings. The van der Waals surface area contributed by atoms with Crippen LogP contribution in [0.2, 0.25) is 0 Å². The smallest absolute Gasteiger partial charge is 0.463 e. The Morgan fingerprint density at radius 1 is 1.27 bits per heavy atom. The lowest BCUT2D eigenvalue weighted by Crippen LogP contribution is -2.53. The van der Waals surface area contributed by atoms with E-state index in [2.05, 4.69) is 0 Å². The number of ether oxygens (including phenoxy) is 4. The normalized spacial score (nSPS) is 33.4. The highest BCUT2D eigenvalue weighted by atomic mass is 19.4. The number of alkyl halides is 3. The summed E-state index contributed by atoms with van der Waals surface area (Å²) in [4.78, 5) is 22.0. The number of esters is 1. The second-order valence-electron chi connectivity index (χ2n) is 5.44. The fourth-order valence-electron chi connectivity index (χ4n) is 2.32. The van der Waals surface area contributed by atoms with E-state index in [1.54, 1.807) is 13.8 Å². The zero-order valence-electron chi connectivity index (χ0n) is 12.1. The van der Waals surface area contributed by atoms with E-state index < -0.39 is 48.4 Å². The van der Waals surface area contributed by atoms with E-state index in [9.17, 15) is 22.8 Å². The Bertz CT molecular complexity index is 466. The van der Waals surface area contributed by atoms with Crippen molar-refractivity contribution in [2.24, 2.45) is 0 Å². The summed E-state index contributed by atoms with van der Waals surface area (Å²) in [6.45, 7) is 3.96. The third-order valence-corrected chi connectivity index (χ3v) is 3.16. The molecule has 0 aliphatic carbocycles. The number of rotatable bonds is 3. The summed E-state index contributed by atoms with van der Waals surface area (Å²) in [7, 11) is 0. The predicted octanol–water partition coefficient (Wildman–Crippen LogP) is 0.473. The van der Waals surface area contributed by atoms with E-state index in [4.69, 9.17) is 18.9 Å². The van der Waals surface area contributed by atoms with Crippen LogP contribution in [-0.2, 0) is 28.5 Å². The Balaban J connectivity index is 2.11. The van der Waals surface area contributed by atoms with Crippen LogP contribution in [0.15, 0.2) is 0 Å². The van der Waals surface area contributed by atoms with Crippen molar-refractivity contribution in [1.82, 2.24) is 5.32 Å². The number of hydrogen-bond donors (Lipinski definition) is 1. The van der Waals surface area contributed by atoms with Gasteiger partial charge >= 0.3 is 18.1 Å². The molecule has 0 spiro atoms. The molecular weight excluding hydrogens is 311 g/mol. The first kappa shape index (κ1) is 17.0. The van der Waals surface area contributed by atoms with Crippen LogP contribution in [-0.4, -0.2) is 55.0 Å². The first-order valence-corrected chi connectivity index (χ1v) is 6.52. The summed E-state index contributed by atoms with van der Waals surface area (Å²) in [5.74, 6) is -3.80. The molecule has 1 amide bonds. The van der Waals surface area contributed by atoms with Gasteiger partial charge < -0.3 is 24.3 Å². The summed E-state index contributed by atoms with van der Waals surface area (Å²) in [6, 6.07) is -1.15. The average Bonchev–Trinajstić information content (AvgIpc) is 2.79. The largest absolute Gasteiger partial charge is 0.471 e. The van der Waals surface area contributed by atoms with Crippen LogP contribution >= 0.6 is 0 Å². The zero-order valence-corrected chi connectivity index (χ0v) is 12.1. The molecule has 2 fully saturated rings. The molecule has 0 saturated carbocycles. The molecule has 2 rings (SSSR count). The van der Waals surface area contributed by atoms with Crippen molar-refractivity contribution in [3.05, 3.63) is 0 Å². The Morgan fingerprint density at radius 2 is 1.91 bits per heavy atom. The van der Waals surface area contributed by atoms with Gasteiger partial charge in [0.2, 0.25) is 0 Å². The summed E-state index contributed by atoms with van der Waals surface area (Å²) >= 11 is 0. The topological polar surface area (TPSA) is 83.1 Å². The van der Waals surface area contributed by atoms with Crippen molar-refractivity contribution in [2.45, 2.75) is 57.3 Å². The van der Waals surface area contributed by atoms with Crippen molar-refractivity contribution in [2.75, 3.05) is 6.61 Å². The number of amides is 1. The molecule has 126 valence electrons. The third kappa shape index (κ3) is 3.68. The molecule has 2 aliphatic heterocycles. The summed E-state index contributed by atoms with van der Waals surface area (Å²) in [6.07, 6.45) is -7.92. The highest BCUT2D eigenvalue weighted by Crippen LogP contribution is 2.37. The van der Waals surface area contributed by atoms with Crippen molar-refractivity contribution in [1.29, 1.82) is 0 Å². The van der Waals surface area contributed by atoms with Gasteiger partial charge in [-0.2, -0.15) is 13.2 Å². The molecule has 0 unspecified atom stereocenters. The molecule has 22 heavy (non-hydrogen) atoms. The van der Waals surface area contributed by atoms with Gasteiger partial charge in [-0.25, -0.2) is 0 Å². The highest BCUT2D eigenvalue weighted by molar-refractivity contribution is 5.82. The van der Waals surface area contributed by atoms with Gasteiger partial charge in [-0.15, -0.1) is 0 Å². The van der Waals surface area contributed by atoms with Crippen LogP contribution in [0, 0.1) is 0 Å². The summed E-state index contributed by atoms with van der Waals surface area (Å²) < 4.78 is 58.3. The molecule has 2 saturated heterocycles. The maximum absolute atomic E-state index is 12.4. The predicted molar refractivity (Wildman–Crippen MR) is 63.3 cm³/mol. The van der Waals surface area contributed by atoms with Gasteiger partial charge in [0.25, 0.3) is 0 Å². The molecule has 2 heterocycles. The molecule has 0 aromatic heterocycles. The second-order valence-corrected chi connectivity index (χ2v) is 5.44. The van der Waals surface area contributed by atoms with E-state index in [1.165, 1.54) is 0 Å². The van der Waals surface area contributed by atoms with Gasteiger partial charge in [-0.05, 0) is 13.8 Å². The molecular formula is C12H16F3NO6. The van der Waals surface area contributed by atoms with E-state index >= 15 is 0 Å². The minimum Gasteiger partial charge on any atom is -0.463 e. The standard InChI is InChI=1S/C12H16F3NO6/c1-5(17)19-4-6-7(16-10(18)12(13,14)15)8-9(20-6)22-11(2,3)21-8/h6-9H,4H2,1-3H3,(H,16,18)/t6-,7+,8-,9+/m1/s1. The lowest BCUT2D eigenvalue weighted by Gasteiger charge is -2.26. The maximum Gasteiger partial charge on any atom is 0.471 e. The minimum absolute atomic E-state index is 0.321. The molecule has 0 aromatic carbocycles. The number of carbonyl (C=O) groups is 2. The van der Waals surface area contributed by atoms with E-state index in [0.717, 1.165) is 6.92 Å². The lowest BCUT2D eigenvalue weighted by atomic mass is 10.1. The lowest BCUT2D eigenvalue weighted by molar-refractivity contribution is -0.213. The van der Waals surface area contributed by atoms with Crippen molar-refractivity contribution in [3.8, 4) is 0 Å². The Morgan fingerprint density at radius 3 is 2.45 bits per heavy atom. The van der Waals surface area contributed by atoms with Crippen LogP contribution in [0.3, 0.4) is 0 Å². The number of hydrogen-bond acceptors (Lipinski definition) is 6. The van der Waals surface area contributed by atoms with Gasteiger partial charge in [0.05, 0.1) is 6.04 Å². The monoisotopic (exact) mass is 327 g/mol. The second kappa shape index (κ2) is 5.67. The Labute approximate surface area is 124 Å². The van der Waals surface area contributed by atoms with Crippen LogP contribution in [0.1, 0.15) is 20.8 Å². The Kier molecular flexibility index (Phi) is 4.37. The van der Waals surface area contributed by atoms with Crippen molar-refractivity contribution < 1.29 is 41.7 Å². The van der Waals surface area contributed by atoms with Crippen LogP contribution in [0.5, 0.6) is 0 Å². The van der Waals surface area contributed by atoms with E-state index in [1.807, 2.05) is 5.32 Å². The van der Waals surface area contributed by atoms with Crippen LogP contribution < -0.4 is 5.32 Å². The molecule has 0 bridgehead atoms. The van der Waals surface area contributed by atoms with Crippen LogP contribution in [0.4, 0.5) is 13.2 Å². The number of nitrogens with one attached hydrogen (secondary N) is 1. The molecule has 10 heteroatoms. The van der Waals surface area contributed by atoms with Crippen molar-refractivity contribution >= 4 is 11.9 Å². The number of carbonyl (C=O) groups excluding carboxylic acids is 2. The van der Waals surface area contributed by atoms with E-state index in [-0.39, 0.29) is 6.61 Å². The first-order chi connectivity index (χ1) is 9.99. The van der Waals surface area contributed by atoms with E-state index in [0.29, 0.717) is 0 Å². The number of fused-ring (bicyclic) bond motifs is 1. The van der Waals surface area contributed by atoms with Crippen LogP contribution in [0.25, 0.3) is 0 Å². The van der Waals surface area contributed by atoms with Gasteiger partial charge in [0.1, 0.15) is 18.8 Å². The van der Waals surface area contributed by atoms with Crippen molar-refractivity contribution in [3.63, 3.8) is 0 Å². The first-order valence-electron chi connectivity index (χ1n) is 6.52. The average molecular weight is 327 g/mol. The Hall–Kier alpha value is -1.39. The zero-order chi connectivity index (χ0) is 16.7. The molecule has 4 atom stereocenters. The number of halogens is 3. The summed E-state index contributed by atoms with van der Waals surface area (Å²) in [5, 5.41) is 1.82. The SMILES string of the molecule is CC(=O)OC[C@H]1O[C@H]2OC(C)(C)O[C@@H]2[C@H]1NC(=O)C(F)(F)F. The molecule has 0 radical (unpaired) electrons. The highest BCUT2D eigenvalue weighted by Gasteiger charge is 2.56. The van der Waals surface area contributed by atoms with Gasteiger partial charge in [0, 0.05) is 6.92 Å². The fraction of sp³-hybridized carbons (Fsp3) is 0.833. The quantitative estimate of drug-likeness (QED) is 0.759. The third-order valence-electron chi connectivity index (χ3n) is 3.16. The fourth-order valence-corrected chi connectivity index (χ4v) is 2.32. The van der Waals surface area contributed by atoms with Gasteiger partial charge in [-0.3, -0.25) is 9.59 Å². The van der Waals surface area contributed by atoms with Gasteiger partial charge in [0.15, 0.2) is 12.1 Å². The summed E-state index contributed by atoms with van der Waals surface area (Å²) in [5.41, 5.74) is 0. The van der Waals surface area contributed by atoms with Gasteiger partial charge in [-0.1, -0.05) is 0 Å². The molecule has 7 nitrogen and oxygen atoms in total. The molecule has 2 aliphatic rings. The minimum atomic E-state index is -5.04.